The van der Waals surface area contributed by atoms with Crippen molar-refractivity contribution in [3.05, 3.63) is 24.3 Å². The fraction of sp³-hybridized carbons (Fsp3) is 0.556. The number of rotatable bonds is 4. The summed E-state index contributed by atoms with van der Waals surface area (Å²) in [4.78, 5) is 28.1. The van der Waals surface area contributed by atoms with Crippen LogP contribution in [0.1, 0.15) is 20.8 Å². The molecule has 1 heterocycles. The van der Waals surface area contributed by atoms with Gasteiger partial charge < -0.3 is 25.6 Å². The third-order valence-electron chi connectivity index (χ3n) is 4.41. The summed E-state index contributed by atoms with van der Waals surface area (Å²) in [5.74, 6) is 0.728. The molecular formula is C18H28N4O3. The standard InChI is InChI=1S/C18H28N4O3/c1-18(2,3)15(20-17(19)24)16(23)22-10-8-21(9-11-22)13-6-5-7-14(12-13)25-4/h5-7,12,15H,8-11H2,1-4H3,(H3,19,20,24)/t15-/m0/s1. The summed E-state index contributed by atoms with van der Waals surface area (Å²) in [5.41, 5.74) is 5.91. The van der Waals surface area contributed by atoms with Crippen LogP contribution in [-0.4, -0.2) is 56.2 Å². The number of ether oxygens (including phenoxy) is 1. The lowest BCUT2D eigenvalue weighted by Gasteiger charge is -2.40. The van der Waals surface area contributed by atoms with Crippen LogP contribution in [0.3, 0.4) is 0 Å². The van der Waals surface area contributed by atoms with Gasteiger partial charge in [0.2, 0.25) is 5.91 Å². The topological polar surface area (TPSA) is 87.9 Å². The number of carbonyl (C=O) groups is 2. The van der Waals surface area contributed by atoms with Gasteiger partial charge in [-0.25, -0.2) is 4.79 Å². The van der Waals surface area contributed by atoms with E-state index >= 15 is 0 Å². The predicted octanol–water partition coefficient (Wildman–Crippen LogP) is 1.43. The van der Waals surface area contributed by atoms with Crippen LogP contribution in [0.4, 0.5) is 10.5 Å². The Morgan fingerprint density at radius 3 is 2.36 bits per heavy atom. The van der Waals surface area contributed by atoms with Gasteiger partial charge in [0.05, 0.1) is 7.11 Å². The minimum absolute atomic E-state index is 0.0865. The van der Waals surface area contributed by atoms with Gasteiger partial charge in [0, 0.05) is 37.9 Å². The molecule has 1 aromatic carbocycles. The number of hydrogen-bond acceptors (Lipinski definition) is 4. The van der Waals surface area contributed by atoms with Crippen LogP contribution < -0.4 is 20.7 Å². The number of nitrogens with two attached hydrogens (primary N) is 1. The summed E-state index contributed by atoms with van der Waals surface area (Å²) >= 11 is 0. The van der Waals surface area contributed by atoms with E-state index in [0.717, 1.165) is 24.5 Å². The Morgan fingerprint density at radius 2 is 1.84 bits per heavy atom. The highest BCUT2D eigenvalue weighted by Crippen LogP contribution is 2.24. The van der Waals surface area contributed by atoms with Crippen molar-refractivity contribution in [1.29, 1.82) is 0 Å². The molecule has 0 unspecified atom stereocenters. The minimum atomic E-state index is -0.678. The summed E-state index contributed by atoms with van der Waals surface area (Å²) in [6.07, 6.45) is 0. The Labute approximate surface area is 149 Å². The number of hydrogen-bond donors (Lipinski definition) is 2. The zero-order valence-electron chi connectivity index (χ0n) is 15.4. The van der Waals surface area contributed by atoms with Gasteiger partial charge in [0.15, 0.2) is 0 Å². The first kappa shape index (κ1) is 18.9. The highest BCUT2D eigenvalue weighted by Gasteiger charge is 2.36. The van der Waals surface area contributed by atoms with Crippen molar-refractivity contribution in [2.24, 2.45) is 11.1 Å². The monoisotopic (exact) mass is 348 g/mol. The lowest BCUT2D eigenvalue weighted by atomic mass is 9.85. The van der Waals surface area contributed by atoms with Crippen molar-refractivity contribution in [1.82, 2.24) is 10.2 Å². The van der Waals surface area contributed by atoms with Gasteiger partial charge >= 0.3 is 6.03 Å². The first-order valence-electron chi connectivity index (χ1n) is 8.46. The highest BCUT2D eigenvalue weighted by atomic mass is 16.5. The Morgan fingerprint density at radius 1 is 1.20 bits per heavy atom. The zero-order chi connectivity index (χ0) is 18.6. The predicted molar refractivity (Wildman–Crippen MR) is 97.7 cm³/mol. The average Bonchev–Trinajstić information content (AvgIpc) is 2.58. The fourth-order valence-electron chi connectivity index (χ4n) is 2.97. The molecular weight excluding hydrogens is 320 g/mol. The molecule has 0 radical (unpaired) electrons. The number of methoxy groups -OCH3 is 1. The average molecular weight is 348 g/mol. The Hall–Kier alpha value is -2.44. The quantitative estimate of drug-likeness (QED) is 0.861. The summed E-state index contributed by atoms with van der Waals surface area (Å²) in [6, 6.07) is 6.58. The maximum absolute atomic E-state index is 12.8. The molecule has 1 fully saturated rings. The molecule has 0 bridgehead atoms. The fourth-order valence-corrected chi connectivity index (χ4v) is 2.97. The summed E-state index contributed by atoms with van der Waals surface area (Å²) < 4.78 is 5.27. The molecule has 3 N–H and O–H groups in total. The van der Waals surface area contributed by atoms with Crippen molar-refractivity contribution < 1.29 is 14.3 Å². The normalized spacial score (nSPS) is 16.3. The van der Waals surface area contributed by atoms with Gasteiger partial charge in [-0.1, -0.05) is 26.8 Å². The molecule has 1 aromatic rings. The SMILES string of the molecule is COc1cccc(N2CCN(C(=O)[C@H](NC(N)=O)C(C)(C)C)CC2)c1. The van der Waals surface area contributed by atoms with Crippen molar-refractivity contribution in [2.45, 2.75) is 26.8 Å². The molecule has 1 aliphatic rings. The van der Waals surface area contributed by atoms with E-state index in [1.807, 2.05) is 45.0 Å². The third kappa shape index (κ3) is 4.78. The van der Waals surface area contributed by atoms with Crippen molar-refractivity contribution in [3.8, 4) is 5.75 Å². The second-order valence-corrected chi connectivity index (χ2v) is 7.32. The number of primary amides is 1. The number of carbonyl (C=O) groups excluding carboxylic acids is 2. The van der Waals surface area contributed by atoms with Crippen LogP contribution in [-0.2, 0) is 4.79 Å². The number of anilines is 1. The van der Waals surface area contributed by atoms with Crippen LogP contribution in [0.15, 0.2) is 24.3 Å². The van der Waals surface area contributed by atoms with Gasteiger partial charge in [0.25, 0.3) is 0 Å². The number of nitrogens with one attached hydrogen (secondary N) is 1. The molecule has 0 aliphatic carbocycles. The van der Waals surface area contributed by atoms with Crippen LogP contribution in [0, 0.1) is 5.41 Å². The van der Waals surface area contributed by atoms with Gasteiger partial charge in [0.1, 0.15) is 11.8 Å². The Bertz CT molecular complexity index is 619. The molecule has 25 heavy (non-hydrogen) atoms. The van der Waals surface area contributed by atoms with Gasteiger partial charge in [-0.05, 0) is 17.5 Å². The first-order chi connectivity index (χ1) is 11.7. The number of urea groups is 1. The van der Waals surface area contributed by atoms with Crippen LogP contribution >= 0.6 is 0 Å². The van der Waals surface area contributed by atoms with E-state index in [1.54, 1.807) is 12.0 Å². The van der Waals surface area contributed by atoms with E-state index < -0.39 is 17.5 Å². The first-order valence-corrected chi connectivity index (χ1v) is 8.46. The third-order valence-corrected chi connectivity index (χ3v) is 4.41. The van der Waals surface area contributed by atoms with E-state index in [-0.39, 0.29) is 5.91 Å². The Kier molecular flexibility index (Phi) is 5.77. The second kappa shape index (κ2) is 7.63. The molecule has 0 aromatic heterocycles. The highest BCUT2D eigenvalue weighted by molar-refractivity contribution is 5.87. The van der Waals surface area contributed by atoms with Gasteiger partial charge in [-0.15, -0.1) is 0 Å². The van der Waals surface area contributed by atoms with Crippen molar-refractivity contribution in [2.75, 3.05) is 38.2 Å². The molecule has 1 saturated heterocycles. The number of piperazine rings is 1. The molecule has 1 aliphatic heterocycles. The van der Waals surface area contributed by atoms with Crippen molar-refractivity contribution >= 4 is 17.6 Å². The van der Waals surface area contributed by atoms with Crippen molar-refractivity contribution in [3.63, 3.8) is 0 Å². The van der Waals surface area contributed by atoms with E-state index in [9.17, 15) is 9.59 Å². The molecule has 3 amide bonds. The molecule has 7 nitrogen and oxygen atoms in total. The Balaban J connectivity index is 2.02. The van der Waals surface area contributed by atoms with E-state index in [4.69, 9.17) is 10.5 Å². The van der Waals surface area contributed by atoms with Gasteiger partial charge in [-0.2, -0.15) is 0 Å². The maximum Gasteiger partial charge on any atom is 0.312 e. The maximum atomic E-state index is 12.8. The smallest absolute Gasteiger partial charge is 0.312 e. The lowest BCUT2D eigenvalue weighted by Crippen LogP contribution is -2.59. The number of nitrogens with zero attached hydrogens (tertiary/aromatic N) is 2. The second-order valence-electron chi connectivity index (χ2n) is 7.32. The van der Waals surface area contributed by atoms with Crippen LogP contribution in [0.2, 0.25) is 0 Å². The molecule has 138 valence electrons. The molecule has 7 heteroatoms. The molecule has 0 saturated carbocycles. The minimum Gasteiger partial charge on any atom is -0.497 e. The molecule has 2 rings (SSSR count). The van der Waals surface area contributed by atoms with E-state index in [1.165, 1.54) is 0 Å². The summed E-state index contributed by atoms with van der Waals surface area (Å²) in [6.45, 7) is 8.40. The number of amides is 3. The molecule has 0 spiro atoms. The van der Waals surface area contributed by atoms with Crippen LogP contribution in [0.25, 0.3) is 0 Å². The van der Waals surface area contributed by atoms with E-state index in [2.05, 4.69) is 10.2 Å². The van der Waals surface area contributed by atoms with Gasteiger partial charge in [-0.3, -0.25) is 4.79 Å². The molecule has 1 atom stereocenters. The van der Waals surface area contributed by atoms with Crippen LogP contribution in [0.5, 0.6) is 5.75 Å². The van der Waals surface area contributed by atoms with E-state index in [0.29, 0.717) is 13.1 Å². The largest absolute Gasteiger partial charge is 0.497 e. The summed E-state index contributed by atoms with van der Waals surface area (Å²) in [7, 11) is 1.65. The lowest BCUT2D eigenvalue weighted by molar-refractivity contribution is -0.136. The number of benzene rings is 1. The summed E-state index contributed by atoms with van der Waals surface area (Å²) in [5, 5.41) is 2.59. The zero-order valence-corrected chi connectivity index (χ0v) is 15.4.